The van der Waals surface area contributed by atoms with Crippen LogP contribution in [0.4, 0.5) is 0 Å². The number of nitrogens with one attached hydrogen (secondary N) is 1. The molecule has 2 unspecified atom stereocenters. The SMILES string of the molecule is CCNC(C)CC(C)c1cccc2c1OCCC2. The number of fused-ring (bicyclic) bond motifs is 1. The van der Waals surface area contributed by atoms with Crippen LogP contribution in [-0.4, -0.2) is 19.2 Å². The van der Waals surface area contributed by atoms with E-state index < -0.39 is 0 Å². The highest BCUT2D eigenvalue weighted by atomic mass is 16.5. The van der Waals surface area contributed by atoms with Crippen LogP contribution in [0.25, 0.3) is 0 Å². The van der Waals surface area contributed by atoms with Crippen molar-refractivity contribution in [2.75, 3.05) is 13.2 Å². The Hall–Kier alpha value is -1.02. The molecule has 18 heavy (non-hydrogen) atoms. The van der Waals surface area contributed by atoms with Crippen LogP contribution in [0.5, 0.6) is 5.75 Å². The molecule has 1 heterocycles. The van der Waals surface area contributed by atoms with Crippen molar-refractivity contribution in [1.29, 1.82) is 0 Å². The predicted molar refractivity (Wildman–Crippen MR) is 76.4 cm³/mol. The van der Waals surface area contributed by atoms with Gasteiger partial charge in [0.2, 0.25) is 0 Å². The van der Waals surface area contributed by atoms with Gasteiger partial charge in [0.25, 0.3) is 0 Å². The molecule has 0 amide bonds. The maximum absolute atomic E-state index is 5.90. The van der Waals surface area contributed by atoms with E-state index in [2.05, 4.69) is 44.3 Å². The molecule has 0 aliphatic carbocycles. The monoisotopic (exact) mass is 247 g/mol. The standard InChI is InChI=1S/C16H25NO/c1-4-17-13(3)11-12(2)15-9-5-7-14-8-6-10-18-16(14)15/h5,7,9,12-13,17H,4,6,8,10-11H2,1-3H3. The van der Waals surface area contributed by atoms with Gasteiger partial charge in [0, 0.05) is 6.04 Å². The molecule has 1 aliphatic rings. The molecule has 2 nitrogen and oxygen atoms in total. The average Bonchev–Trinajstić information content (AvgIpc) is 2.38. The first-order valence-electron chi connectivity index (χ1n) is 7.20. The number of ether oxygens (including phenoxy) is 1. The van der Waals surface area contributed by atoms with Crippen molar-refractivity contribution in [1.82, 2.24) is 5.32 Å². The molecule has 0 saturated heterocycles. The molecule has 2 atom stereocenters. The van der Waals surface area contributed by atoms with Crippen LogP contribution >= 0.6 is 0 Å². The van der Waals surface area contributed by atoms with E-state index >= 15 is 0 Å². The van der Waals surface area contributed by atoms with Gasteiger partial charge >= 0.3 is 0 Å². The van der Waals surface area contributed by atoms with Crippen LogP contribution in [0.15, 0.2) is 18.2 Å². The number of para-hydroxylation sites is 1. The van der Waals surface area contributed by atoms with Gasteiger partial charge in [-0.2, -0.15) is 0 Å². The summed E-state index contributed by atoms with van der Waals surface area (Å²) in [6.45, 7) is 8.64. The van der Waals surface area contributed by atoms with Crippen LogP contribution in [0.2, 0.25) is 0 Å². The molecule has 2 heteroatoms. The quantitative estimate of drug-likeness (QED) is 0.860. The Bertz CT molecular complexity index is 389. The van der Waals surface area contributed by atoms with Crippen molar-refractivity contribution >= 4 is 0 Å². The van der Waals surface area contributed by atoms with Gasteiger partial charge in [0.1, 0.15) is 5.75 Å². The summed E-state index contributed by atoms with van der Waals surface area (Å²) in [6, 6.07) is 7.17. The van der Waals surface area contributed by atoms with Gasteiger partial charge in [0.15, 0.2) is 0 Å². The largest absolute Gasteiger partial charge is 0.493 e. The lowest BCUT2D eigenvalue weighted by Gasteiger charge is -2.25. The third kappa shape index (κ3) is 3.05. The number of hydrogen-bond donors (Lipinski definition) is 1. The van der Waals surface area contributed by atoms with Crippen molar-refractivity contribution in [3.63, 3.8) is 0 Å². The zero-order valence-electron chi connectivity index (χ0n) is 11.8. The number of aryl methyl sites for hydroxylation is 1. The average molecular weight is 247 g/mol. The van der Waals surface area contributed by atoms with Gasteiger partial charge < -0.3 is 10.1 Å². The van der Waals surface area contributed by atoms with Crippen LogP contribution in [0.1, 0.15) is 50.7 Å². The smallest absolute Gasteiger partial charge is 0.125 e. The van der Waals surface area contributed by atoms with Gasteiger partial charge in [-0.05, 0) is 49.8 Å². The van der Waals surface area contributed by atoms with Crippen molar-refractivity contribution in [2.24, 2.45) is 0 Å². The first-order chi connectivity index (χ1) is 8.72. The van der Waals surface area contributed by atoms with Crippen molar-refractivity contribution in [3.8, 4) is 5.75 Å². The zero-order valence-corrected chi connectivity index (χ0v) is 11.8. The van der Waals surface area contributed by atoms with E-state index in [0.29, 0.717) is 12.0 Å². The van der Waals surface area contributed by atoms with E-state index in [9.17, 15) is 0 Å². The molecule has 2 rings (SSSR count). The lowest BCUT2D eigenvalue weighted by molar-refractivity contribution is 0.282. The van der Waals surface area contributed by atoms with E-state index in [4.69, 9.17) is 4.74 Å². The minimum atomic E-state index is 0.548. The summed E-state index contributed by atoms with van der Waals surface area (Å²) in [5.74, 6) is 1.71. The highest BCUT2D eigenvalue weighted by Gasteiger charge is 2.19. The lowest BCUT2D eigenvalue weighted by atomic mass is 9.90. The molecule has 0 bridgehead atoms. The molecule has 0 aromatic heterocycles. The van der Waals surface area contributed by atoms with Crippen molar-refractivity contribution < 1.29 is 4.74 Å². The van der Waals surface area contributed by atoms with Crippen molar-refractivity contribution in [2.45, 2.75) is 52.0 Å². The summed E-state index contributed by atoms with van der Waals surface area (Å²) in [7, 11) is 0. The lowest BCUT2D eigenvalue weighted by Crippen LogP contribution is -2.27. The molecule has 0 radical (unpaired) electrons. The van der Waals surface area contributed by atoms with Gasteiger partial charge in [-0.15, -0.1) is 0 Å². The molecular weight excluding hydrogens is 222 g/mol. The first-order valence-corrected chi connectivity index (χ1v) is 7.20. The van der Waals surface area contributed by atoms with E-state index in [0.717, 1.165) is 26.0 Å². The Morgan fingerprint density at radius 3 is 2.94 bits per heavy atom. The van der Waals surface area contributed by atoms with E-state index in [-0.39, 0.29) is 0 Å². The van der Waals surface area contributed by atoms with Gasteiger partial charge in [-0.25, -0.2) is 0 Å². The fourth-order valence-electron chi connectivity index (χ4n) is 2.89. The normalized spacial score (nSPS) is 17.7. The summed E-state index contributed by atoms with van der Waals surface area (Å²) in [5, 5.41) is 3.49. The number of rotatable bonds is 5. The molecule has 0 spiro atoms. The molecule has 0 saturated carbocycles. The Balaban J connectivity index is 2.12. The zero-order chi connectivity index (χ0) is 13.0. The second kappa shape index (κ2) is 6.24. The molecule has 1 aromatic rings. The highest BCUT2D eigenvalue weighted by Crippen LogP contribution is 2.35. The predicted octanol–water partition coefficient (Wildman–Crippen LogP) is 3.50. The van der Waals surface area contributed by atoms with Crippen LogP contribution in [0, 0.1) is 0 Å². The molecular formula is C16H25NO. The van der Waals surface area contributed by atoms with Crippen LogP contribution < -0.4 is 10.1 Å². The third-order valence-electron chi connectivity index (χ3n) is 3.75. The Morgan fingerprint density at radius 1 is 1.33 bits per heavy atom. The van der Waals surface area contributed by atoms with E-state index in [1.165, 1.54) is 23.3 Å². The van der Waals surface area contributed by atoms with Crippen LogP contribution in [0.3, 0.4) is 0 Å². The summed E-state index contributed by atoms with van der Waals surface area (Å²) < 4.78 is 5.90. The summed E-state index contributed by atoms with van der Waals surface area (Å²) in [4.78, 5) is 0. The van der Waals surface area contributed by atoms with E-state index in [1.54, 1.807) is 0 Å². The fraction of sp³-hybridized carbons (Fsp3) is 0.625. The molecule has 1 aliphatic heterocycles. The van der Waals surface area contributed by atoms with Gasteiger partial charge in [0.05, 0.1) is 6.61 Å². The fourth-order valence-corrected chi connectivity index (χ4v) is 2.89. The third-order valence-corrected chi connectivity index (χ3v) is 3.75. The van der Waals surface area contributed by atoms with Gasteiger partial charge in [-0.3, -0.25) is 0 Å². The number of hydrogen-bond acceptors (Lipinski definition) is 2. The molecule has 100 valence electrons. The van der Waals surface area contributed by atoms with Crippen LogP contribution in [-0.2, 0) is 6.42 Å². The molecule has 0 fully saturated rings. The second-order valence-corrected chi connectivity index (χ2v) is 5.38. The summed E-state index contributed by atoms with van der Waals surface area (Å²) >= 11 is 0. The Morgan fingerprint density at radius 2 is 2.17 bits per heavy atom. The topological polar surface area (TPSA) is 21.3 Å². The Kier molecular flexibility index (Phi) is 4.65. The summed E-state index contributed by atoms with van der Waals surface area (Å²) in [6.07, 6.45) is 3.48. The highest BCUT2D eigenvalue weighted by molar-refractivity contribution is 5.44. The van der Waals surface area contributed by atoms with Gasteiger partial charge in [-0.1, -0.05) is 32.0 Å². The maximum atomic E-state index is 5.90. The first kappa shape index (κ1) is 13.4. The molecule has 1 aromatic carbocycles. The Labute approximate surface area is 111 Å². The molecule has 1 N–H and O–H groups in total. The number of benzene rings is 1. The minimum Gasteiger partial charge on any atom is -0.493 e. The maximum Gasteiger partial charge on any atom is 0.125 e. The van der Waals surface area contributed by atoms with E-state index in [1.807, 2.05) is 0 Å². The summed E-state index contributed by atoms with van der Waals surface area (Å²) in [5.41, 5.74) is 2.78. The minimum absolute atomic E-state index is 0.548. The van der Waals surface area contributed by atoms with Crippen molar-refractivity contribution in [3.05, 3.63) is 29.3 Å². The second-order valence-electron chi connectivity index (χ2n) is 5.38.